The summed E-state index contributed by atoms with van der Waals surface area (Å²) in [6.45, 7) is 4.39. The maximum Gasteiger partial charge on any atom is 0.313 e. The maximum absolute atomic E-state index is 11.9. The van der Waals surface area contributed by atoms with Crippen molar-refractivity contribution in [3.05, 3.63) is 60.8 Å². The normalized spacial score (nSPS) is 12.3. The SMILES string of the molecule is CC/C=C\C/C=C\C/C=C\CCCCCCCC(=O)OC(=O)CCCCCCCC=CCC=CCCCCC. The molecule has 0 atom stereocenters. The number of ether oxygens (including phenoxy) is 1. The van der Waals surface area contributed by atoms with Gasteiger partial charge in [-0.3, -0.25) is 9.59 Å². The Labute approximate surface area is 242 Å². The van der Waals surface area contributed by atoms with E-state index in [1.165, 1.54) is 51.4 Å². The summed E-state index contributed by atoms with van der Waals surface area (Å²) in [7, 11) is 0. The Morgan fingerprint density at radius 2 is 0.795 bits per heavy atom. The molecule has 0 heterocycles. The van der Waals surface area contributed by atoms with Crippen molar-refractivity contribution in [2.75, 3.05) is 0 Å². The number of carbonyl (C=O) groups is 2. The highest BCUT2D eigenvalue weighted by atomic mass is 16.6. The van der Waals surface area contributed by atoms with E-state index in [4.69, 9.17) is 4.74 Å². The van der Waals surface area contributed by atoms with Crippen molar-refractivity contribution in [3.8, 4) is 0 Å². The summed E-state index contributed by atoms with van der Waals surface area (Å²) in [4.78, 5) is 23.8. The van der Waals surface area contributed by atoms with Crippen LogP contribution < -0.4 is 0 Å². The largest absolute Gasteiger partial charge is 0.393 e. The highest BCUT2D eigenvalue weighted by molar-refractivity contribution is 5.85. The molecule has 0 amide bonds. The van der Waals surface area contributed by atoms with Crippen molar-refractivity contribution in [1.29, 1.82) is 0 Å². The Morgan fingerprint density at radius 1 is 0.436 bits per heavy atom. The second-order valence-corrected chi connectivity index (χ2v) is 10.4. The average Bonchev–Trinajstić information content (AvgIpc) is 2.93. The zero-order valence-electron chi connectivity index (χ0n) is 25.6. The molecule has 0 aliphatic rings. The minimum Gasteiger partial charge on any atom is -0.393 e. The van der Waals surface area contributed by atoms with Gasteiger partial charge >= 0.3 is 11.9 Å². The molecular formula is C36H60O3. The van der Waals surface area contributed by atoms with Crippen LogP contribution >= 0.6 is 0 Å². The van der Waals surface area contributed by atoms with Crippen molar-refractivity contribution < 1.29 is 14.3 Å². The fourth-order valence-corrected chi connectivity index (χ4v) is 4.20. The van der Waals surface area contributed by atoms with Gasteiger partial charge < -0.3 is 4.74 Å². The molecule has 0 aliphatic carbocycles. The average molecular weight is 541 g/mol. The number of unbranched alkanes of at least 4 members (excludes halogenated alkanes) is 13. The summed E-state index contributed by atoms with van der Waals surface area (Å²) >= 11 is 0. The van der Waals surface area contributed by atoms with E-state index in [-0.39, 0.29) is 11.9 Å². The lowest BCUT2D eigenvalue weighted by Crippen LogP contribution is -2.11. The Hall–Kier alpha value is -2.16. The predicted octanol–water partition coefficient (Wildman–Crippen LogP) is 11.5. The van der Waals surface area contributed by atoms with Crippen molar-refractivity contribution in [2.45, 2.75) is 155 Å². The van der Waals surface area contributed by atoms with Gasteiger partial charge in [-0.2, -0.15) is 0 Å². The first-order chi connectivity index (χ1) is 19.2. The van der Waals surface area contributed by atoms with E-state index in [2.05, 4.69) is 74.6 Å². The molecule has 0 N–H and O–H groups in total. The van der Waals surface area contributed by atoms with Crippen LogP contribution in [0.1, 0.15) is 155 Å². The molecule has 0 radical (unpaired) electrons. The summed E-state index contributed by atoms with van der Waals surface area (Å²) in [5, 5.41) is 0. The number of hydrogen-bond donors (Lipinski definition) is 0. The predicted molar refractivity (Wildman–Crippen MR) is 170 cm³/mol. The molecule has 0 aromatic heterocycles. The van der Waals surface area contributed by atoms with Gasteiger partial charge in [0.05, 0.1) is 0 Å². The summed E-state index contributed by atoms with van der Waals surface area (Å²) in [6, 6.07) is 0. The van der Waals surface area contributed by atoms with Gasteiger partial charge in [0.1, 0.15) is 0 Å². The molecular weight excluding hydrogens is 480 g/mol. The molecule has 39 heavy (non-hydrogen) atoms. The molecule has 0 aliphatic heterocycles. The van der Waals surface area contributed by atoms with Gasteiger partial charge in [0.25, 0.3) is 0 Å². The third-order valence-electron chi connectivity index (χ3n) is 6.59. The molecule has 222 valence electrons. The van der Waals surface area contributed by atoms with Crippen LogP contribution in [0, 0.1) is 0 Å². The van der Waals surface area contributed by atoms with Crippen LogP contribution in [0.15, 0.2) is 60.8 Å². The van der Waals surface area contributed by atoms with Crippen molar-refractivity contribution in [1.82, 2.24) is 0 Å². The van der Waals surface area contributed by atoms with Gasteiger partial charge in [-0.1, -0.05) is 126 Å². The van der Waals surface area contributed by atoms with Gasteiger partial charge in [0.2, 0.25) is 0 Å². The molecule has 0 aromatic rings. The number of esters is 2. The Bertz CT molecular complexity index is 696. The summed E-state index contributed by atoms with van der Waals surface area (Å²) in [5.74, 6) is -0.714. The first kappa shape index (κ1) is 36.8. The van der Waals surface area contributed by atoms with E-state index in [0.717, 1.165) is 77.0 Å². The zero-order valence-corrected chi connectivity index (χ0v) is 25.6. The molecule has 0 saturated carbocycles. The first-order valence-electron chi connectivity index (χ1n) is 16.2. The fourth-order valence-electron chi connectivity index (χ4n) is 4.20. The van der Waals surface area contributed by atoms with Gasteiger partial charge in [0.15, 0.2) is 0 Å². The van der Waals surface area contributed by atoms with Crippen molar-refractivity contribution in [2.24, 2.45) is 0 Å². The number of rotatable bonds is 27. The highest BCUT2D eigenvalue weighted by Gasteiger charge is 2.09. The minimum absolute atomic E-state index is 0.355. The summed E-state index contributed by atoms with van der Waals surface area (Å²) in [5.41, 5.74) is 0. The van der Waals surface area contributed by atoms with E-state index < -0.39 is 0 Å². The van der Waals surface area contributed by atoms with E-state index in [1.807, 2.05) is 0 Å². The van der Waals surface area contributed by atoms with Crippen LogP contribution in [-0.2, 0) is 14.3 Å². The molecule has 0 unspecified atom stereocenters. The van der Waals surface area contributed by atoms with Gasteiger partial charge in [-0.25, -0.2) is 0 Å². The molecule has 0 aromatic carbocycles. The standard InChI is InChI=1S/C36H60O3/c1-3-5-7-9-11-13-15-17-19-21-23-25-27-29-31-33-35(37)39-36(38)34-32-30-28-26-24-22-20-18-16-14-12-10-8-6-4-2/h5,7,11-14,17-20H,3-4,6,8-10,15-16,21-34H2,1-2H3/b7-5-,13-11-,14-12?,19-17-,20-18?. The molecule has 0 fully saturated rings. The van der Waals surface area contributed by atoms with Crippen LogP contribution in [0.2, 0.25) is 0 Å². The van der Waals surface area contributed by atoms with Crippen molar-refractivity contribution >= 4 is 11.9 Å². The second-order valence-electron chi connectivity index (χ2n) is 10.4. The lowest BCUT2D eigenvalue weighted by molar-refractivity contribution is -0.159. The lowest BCUT2D eigenvalue weighted by Gasteiger charge is -2.04. The van der Waals surface area contributed by atoms with Crippen LogP contribution in [0.3, 0.4) is 0 Å². The minimum atomic E-state index is -0.358. The molecule has 0 spiro atoms. The molecule has 0 rings (SSSR count). The third-order valence-corrected chi connectivity index (χ3v) is 6.59. The smallest absolute Gasteiger partial charge is 0.313 e. The van der Waals surface area contributed by atoms with Gasteiger partial charge in [0, 0.05) is 12.8 Å². The molecule has 3 nitrogen and oxygen atoms in total. The number of hydrogen-bond acceptors (Lipinski definition) is 3. The fraction of sp³-hybridized carbons (Fsp3) is 0.667. The van der Waals surface area contributed by atoms with E-state index in [9.17, 15) is 9.59 Å². The van der Waals surface area contributed by atoms with Crippen LogP contribution in [0.25, 0.3) is 0 Å². The van der Waals surface area contributed by atoms with Gasteiger partial charge in [-0.05, 0) is 77.0 Å². The lowest BCUT2D eigenvalue weighted by atomic mass is 10.1. The summed E-state index contributed by atoms with van der Waals surface area (Å²) in [6.07, 6.45) is 45.4. The Kier molecular flexibility index (Phi) is 30.3. The van der Waals surface area contributed by atoms with Crippen LogP contribution in [0.5, 0.6) is 0 Å². The van der Waals surface area contributed by atoms with Crippen molar-refractivity contribution in [3.63, 3.8) is 0 Å². The Morgan fingerprint density at radius 3 is 1.23 bits per heavy atom. The maximum atomic E-state index is 11.9. The number of allylic oxidation sites excluding steroid dienone is 10. The number of carbonyl (C=O) groups excluding carboxylic acids is 2. The van der Waals surface area contributed by atoms with Crippen LogP contribution in [0.4, 0.5) is 0 Å². The monoisotopic (exact) mass is 540 g/mol. The van der Waals surface area contributed by atoms with Gasteiger partial charge in [-0.15, -0.1) is 0 Å². The van der Waals surface area contributed by atoms with E-state index >= 15 is 0 Å². The topological polar surface area (TPSA) is 43.4 Å². The molecule has 0 saturated heterocycles. The summed E-state index contributed by atoms with van der Waals surface area (Å²) < 4.78 is 4.98. The highest BCUT2D eigenvalue weighted by Crippen LogP contribution is 2.11. The molecule has 0 bridgehead atoms. The van der Waals surface area contributed by atoms with Crippen LogP contribution in [-0.4, -0.2) is 11.9 Å². The zero-order chi connectivity index (χ0) is 28.5. The third kappa shape index (κ3) is 32.0. The Balaban J connectivity index is 3.45. The quantitative estimate of drug-likeness (QED) is 0.0450. The van der Waals surface area contributed by atoms with E-state index in [0.29, 0.717) is 12.8 Å². The first-order valence-corrected chi connectivity index (χ1v) is 16.2. The molecule has 3 heteroatoms. The second kappa shape index (κ2) is 32.1. The van der Waals surface area contributed by atoms with E-state index in [1.54, 1.807) is 0 Å².